The fourth-order valence-electron chi connectivity index (χ4n) is 13.0. The summed E-state index contributed by atoms with van der Waals surface area (Å²) in [6, 6.07) is -8.83. The van der Waals surface area contributed by atoms with Gasteiger partial charge in [-0.1, -0.05) is 127 Å². The minimum Gasteiger partial charge on any atom is -0.508 e. The maximum absolute atomic E-state index is 15.7. The number of phenols is 1. The van der Waals surface area contributed by atoms with Gasteiger partial charge in [-0.2, -0.15) is 0 Å². The van der Waals surface area contributed by atoms with Crippen molar-refractivity contribution in [1.82, 2.24) is 106 Å². The van der Waals surface area contributed by atoms with Crippen molar-refractivity contribution in [2.45, 2.75) is 210 Å². The van der Waals surface area contributed by atoms with E-state index in [0.717, 1.165) is 43.2 Å². The lowest BCUT2D eigenvalue weighted by atomic mass is 10.0. The number of carboxylic acid groups (broad SMARTS) is 1. The molecule has 2 fully saturated rings. The molecule has 0 spiro atoms. The molecule has 2 bridgehead atoms. The highest BCUT2D eigenvalue weighted by molar-refractivity contribution is 8.77. The summed E-state index contributed by atoms with van der Waals surface area (Å²) in [7, 11) is 3.26. The first-order valence-corrected chi connectivity index (χ1v) is 48.1. The number of amides is 15. The average Bonchev–Trinajstić information content (AvgIpc) is 0.834. The van der Waals surface area contributed by atoms with E-state index in [4.69, 9.17) is 61.4 Å². The van der Waals surface area contributed by atoms with Crippen LogP contribution in [0.3, 0.4) is 0 Å². The summed E-state index contributed by atoms with van der Waals surface area (Å²) in [5.74, 6) is -22.6. The van der Waals surface area contributed by atoms with Crippen LogP contribution < -0.4 is 141 Å². The lowest BCUT2D eigenvalue weighted by molar-refractivity contribution is -0.143. The third-order valence-electron chi connectivity index (χ3n) is 20.1. The Morgan fingerprint density at radius 1 is 0.429 bits per heavy atom. The summed E-state index contributed by atoms with van der Waals surface area (Å²) in [6.07, 6.45) is -1.24. The topological polar surface area (TPSA) is 830 Å². The summed E-state index contributed by atoms with van der Waals surface area (Å²) in [5, 5.41) is 111. The monoisotopic (exact) mass is 1940 g/mol. The largest absolute Gasteiger partial charge is 0.508 e. The molecule has 49 nitrogen and oxygen atoms in total. The summed E-state index contributed by atoms with van der Waals surface area (Å²) < 4.78 is 0. The highest BCUT2D eigenvalue weighted by Gasteiger charge is 2.40. The normalized spacial score (nSPS) is 20.9. The molecule has 0 saturated carbocycles. The van der Waals surface area contributed by atoms with Gasteiger partial charge in [-0.25, -0.2) is 4.79 Å². The number of rotatable bonds is 41. The van der Waals surface area contributed by atoms with Crippen LogP contribution in [0.15, 0.2) is 54.6 Å². The maximum Gasteiger partial charge on any atom is 0.326 e. The summed E-state index contributed by atoms with van der Waals surface area (Å²) in [5.41, 5.74) is 34.4. The van der Waals surface area contributed by atoms with Gasteiger partial charge in [-0.3, -0.25) is 99.0 Å². The molecular formula is C80H131N31O18S4. The van der Waals surface area contributed by atoms with Crippen LogP contribution in [-0.2, 0) is 89.6 Å². The lowest BCUT2D eigenvalue weighted by Crippen LogP contribution is -2.62. The minimum absolute atomic E-state index is 0.000869. The van der Waals surface area contributed by atoms with Gasteiger partial charge in [-0.15, -0.1) is 0 Å². The number of carboxylic acids is 1. The van der Waals surface area contributed by atoms with Crippen molar-refractivity contribution in [3.63, 3.8) is 0 Å². The number of carbonyl (C=O) groups is 16. The van der Waals surface area contributed by atoms with E-state index in [2.05, 4.69) is 106 Å². The van der Waals surface area contributed by atoms with Crippen LogP contribution in [-0.4, -0.2) is 288 Å². The predicted molar refractivity (Wildman–Crippen MR) is 503 cm³/mol. The third kappa shape index (κ3) is 44.5. The van der Waals surface area contributed by atoms with Crippen LogP contribution in [0.4, 0.5) is 0 Å². The van der Waals surface area contributed by atoms with E-state index in [1.807, 2.05) is 0 Å². The van der Waals surface area contributed by atoms with Gasteiger partial charge in [0.05, 0.1) is 19.1 Å². The zero-order valence-corrected chi connectivity index (χ0v) is 78.3. The molecule has 0 aromatic heterocycles. The number of aliphatic carboxylic acids is 1. The van der Waals surface area contributed by atoms with Crippen LogP contribution in [0, 0.1) is 44.8 Å². The number of guanidine groups is 5. The number of aromatic hydroxyl groups is 1. The summed E-state index contributed by atoms with van der Waals surface area (Å²) in [6.45, 7) is 8.24. The molecule has 14 atom stereocenters. The standard InChI is InChI=1S/C80H131N31O18S4/c1-40(2)31-51(103-63(116)47(18-11-27-93-77(84)85)99-59(114)35-97-58(113)34-98-62(115)46(81)17-10-26-92-76(82)83)67(120)106-55-37-131-133-39-57(73(126)111-61(42(5)6)75(128)129)109-74(127)60(41(3)4)110-72(125)56-38-132-130-36-54(107-69(122)53(105-71(55)124)33-44-22-24-45(112)25-23-44)70(123)102-49(20-13-29-95-79(88)89)65(118)100-48(19-12-28-94-78(86)87)64(117)101-50(21-14-30-96-80(90)91)66(119)104-52(68(121)108-56)32-43-15-8-7-9-16-43/h7-9,15-16,22-25,40-42,46-57,60-61,112H,10-14,17-21,26-39,81H2,1-6H3,(H,97,113)(H,98,115)(H,99,114)(H,100,118)(H,101,117)(H,102,123)(H,103,116)(H,104,119)(H,105,124)(H,106,120)(H,107,122)(H,108,121)(H,109,127)(H,110,125)(H,111,126)(H,128,129)(H4,82,83,92)(H4,84,85,93)(H4,86,87,94)(H4,88,89,95)(H4,90,91,96)/t46-,47-,48-,49-,50?,51-,52-,53-,54-,55-,56-,57-,60-,61-/m0/s1. The Morgan fingerprint density at radius 2 is 0.850 bits per heavy atom. The van der Waals surface area contributed by atoms with Crippen LogP contribution >= 0.6 is 43.2 Å². The van der Waals surface area contributed by atoms with Gasteiger partial charge in [-0.05, 0) is 112 Å². The van der Waals surface area contributed by atoms with Crippen LogP contribution in [0.2, 0.25) is 0 Å². The van der Waals surface area contributed by atoms with Crippen LogP contribution in [0.5, 0.6) is 5.75 Å². The molecule has 39 N–H and O–H groups in total. The van der Waals surface area contributed by atoms with E-state index >= 15 is 47.9 Å². The van der Waals surface area contributed by atoms with Crippen molar-refractivity contribution in [2.75, 3.05) is 68.8 Å². The number of carbonyl (C=O) groups excluding carboxylic acids is 15. The summed E-state index contributed by atoms with van der Waals surface area (Å²) >= 11 is 0. The Kier molecular flexibility index (Phi) is 50.7. The molecular weight excluding hydrogens is 1810 g/mol. The van der Waals surface area contributed by atoms with E-state index < -0.39 is 263 Å². The van der Waals surface area contributed by atoms with Gasteiger partial charge < -0.3 is 151 Å². The van der Waals surface area contributed by atoms with Gasteiger partial charge in [0.15, 0.2) is 29.8 Å². The first kappa shape index (κ1) is 113. The van der Waals surface area contributed by atoms with E-state index in [9.17, 15) is 39.0 Å². The number of nitrogens with one attached hydrogen (secondary N) is 25. The van der Waals surface area contributed by atoms with Gasteiger partial charge in [0.25, 0.3) is 0 Å². The second-order valence-electron chi connectivity index (χ2n) is 32.4. The predicted octanol–water partition coefficient (Wildman–Crippen LogP) is -7.41. The molecule has 2 aliphatic rings. The Balaban J connectivity index is 2.02. The van der Waals surface area contributed by atoms with Crippen molar-refractivity contribution in [1.29, 1.82) is 27.0 Å². The molecule has 15 amide bonds. The lowest BCUT2D eigenvalue weighted by Gasteiger charge is -2.30. The highest BCUT2D eigenvalue weighted by Crippen LogP contribution is 2.27. The van der Waals surface area contributed by atoms with Gasteiger partial charge in [0.2, 0.25) is 88.6 Å². The quantitative estimate of drug-likeness (QED) is 0.0127. The van der Waals surface area contributed by atoms with Crippen molar-refractivity contribution in [3.05, 3.63) is 65.7 Å². The Bertz CT molecular complexity index is 4320. The van der Waals surface area contributed by atoms with Gasteiger partial charge in [0, 0.05) is 68.6 Å². The molecule has 2 aliphatic heterocycles. The van der Waals surface area contributed by atoms with Crippen molar-refractivity contribution in [2.24, 2.45) is 52.2 Å². The molecule has 2 heterocycles. The number of hydrogen-bond donors (Lipinski definition) is 33. The smallest absolute Gasteiger partial charge is 0.326 e. The van der Waals surface area contributed by atoms with Crippen LogP contribution in [0.25, 0.3) is 0 Å². The van der Waals surface area contributed by atoms with Gasteiger partial charge >= 0.3 is 5.97 Å². The number of hydrogen-bond acceptors (Lipinski definition) is 27. The molecule has 2 aromatic rings. The van der Waals surface area contributed by atoms with Gasteiger partial charge in [0.1, 0.15) is 84.3 Å². The number of nitrogens with two attached hydrogens (primary N) is 6. The highest BCUT2D eigenvalue weighted by atomic mass is 33.1. The van der Waals surface area contributed by atoms with E-state index in [1.165, 1.54) is 52.0 Å². The molecule has 2 aromatic carbocycles. The molecule has 738 valence electrons. The molecule has 0 radical (unpaired) electrons. The zero-order chi connectivity index (χ0) is 99.0. The Hall–Kier alpha value is -12.5. The molecule has 53 heteroatoms. The SMILES string of the molecule is CC(C)C[C@H](NC(=O)[C@H](CCCNC(=N)N)NC(=O)CNC(=O)CNC(=O)[C@@H](N)CCCNC(=N)N)C(=O)N[C@H]1CSSC[C@@H](C(=O)N[C@H](C(=O)O)C(C)C)NC(=O)[C@H](C(C)C)NC(=O)[C@@H]2CSSC[C@H](NC(=O)[C@H](Cc3ccc(O)cc3)NC1=O)C(=O)N[C@@H](CCCNC(=N)N)C(=O)N[C@@H](CCCNC(=N)N)C(=O)NC(CCCNC(=N)N)C(=O)N[C@@H](Cc1ccccc1)C(=O)N2. The number of benzene rings is 2. The van der Waals surface area contributed by atoms with Crippen molar-refractivity contribution < 1.29 is 86.9 Å². The number of phenolic OH excluding ortho intramolecular Hbond substituents is 1. The second kappa shape index (κ2) is 59.8. The first-order chi connectivity index (χ1) is 62.9. The fourth-order valence-corrected chi connectivity index (χ4v) is 17.6. The fraction of sp³-hybridized carbons (Fsp3) is 0.588. The number of fused-ring (bicyclic) bond motifs is 5. The minimum atomic E-state index is -1.80. The second-order valence-corrected chi connectivity index (χ2v) is 37.5. The molecule has 1 unspecified atom stereocenters. The van der Waals surface area contributed by atoms with Crippen molar-refractivity contribution in [3.8, 4) is 5.75 Å². The van der Waals surface area contributed by atoms with E-state index in [-0.39, 0.29) is 121 Å². The first-order valence-electron chi connectivity index (χ1n) is 43.1. The van der Waals surface area contributed by atoms with E-state index in [0.29, 0.717) is 12.0 Å². The zero-order valence-electron chi connectivity index (χ0n) is 75.0. The van der Waals surface area contributed by atoms with Crippen LogP contribution in [0.1, 0.15) is 123 Å². The Morgan fingerprint density at radius 3 is 1.32 bits per heavy atom. The third-order valence-corrected chi connectivity index (χ3v) is 24.9. The molecule has 2 saturated heterocycles. The van der Waals surface area contributed by atoms with Crippen molar-refractivity contribution >= 4 is 168 Å². The maximum atomic E-state index is 15.7. The van der Waals surface area contributed by atoms with E-state index in [1.54, 1.807) is 44.2 Å². The Labute approximate surface area is 785 Å². The molecule has 4 rings (SSSR count). The molecule has 0 aliphatic carbocycles. The average molecular weight is 1940 g/mol. The molecule has 133 heavy (non-hydrogen) atoms. The summed E-state index contributed by atoms with van der Waals surface area (Å²) in [4.78, 5) is 234.